The molecule has 0 aliphatic carbocycles. The zero-order valence-corrected chi connectivity index (χ0v) is 16.6. The van der Waals surface area contributed by atoms with Gasteiger partial charge in [0.2, 0.25) is 5.91 Å². The molecule has 2 N–H and O–H groups in total. The quantitative estimate of drug-likeness (QED) is 0.634. The Kier molecular flexibility index (Phi) is 5.81. The molecule has 0 spiro atoms. The molecular weight excluding hydrogens is 386 g/mol. The van der Waals surface area contributed by atoms with E-state index in [2.05, 4.69) is 26.9 Å². The molecule has 0 radical (unpaired) electrons. The minimum Gasteiger partial charge on any atom is -0.362 e. The zero-order chi connectivity index (χ0) is 20.1. The Morgan fingerprint density at radius 3 is 2.76 bits per heavy atom. The number of pyridine rings is 1. The summed E-state index contributed by atoms with van der Waals surface area (Å²) in [4.78, 5) is 35.2. The van der Waals surface area contributed by atoms with Crippen LogP contribution in [0.3, 0.4) is 0 Å². The van der Waals surface area contributed by atoms with Gasteiger partial charge in [-0.3, -0.25) is 25.4 Å². The van der Waals surface area contributed by atoms with Gasteiger partial charge in [0, 0.05) is 23.8 Å². The van der Waals surface area contributed by atoms with Gasteiger partial charge in [0.05, 0.1) is 24.4 Å². The molecule has 29 heavy (non-hydrogen) atoms. The molecule has 8 heteroatoms. The third-order valence-corrected chi connectivity index (χ3v) is 5.57. The molecule has 1 aromatic carbocycles. The summed E-state index contributed by atoms with van der Waals surface area (Å²) in [5.41, 5.74) is 8.74. The summed E-state index contributed by atoms with van der Waals surface area (Å²) in [5.74, 6) is -0.558. The van der Waals surface area contributed by atoms with Crippen molar-refractivity contribution < 1.29 is 9.59 Å². The van der Waals surface area contributed by atoms with E-state index in [4.69, 9.17) is 0 Å². The van der Waals surface area contributed by atoms with E-state index in [0.29, 0.717) is 5.69 Å². The van der Waals surface area contributed by atoms with Crippen LogP contribution in [0.5, 0.6) is 0 Å². The minimum absolute atomic E-state index is 0.0934. The van der Waals surface area contributed by atoms with Gasteiger partial charge in [0.15, 0.2) is 0 Å². The Morgan fingerprint density at radius 2 is 1.90 bits per heavy atom. The maximum absolute atomic E-state index is 12.3. The van der Waals surface area contributed by atoms with Crippen molar-refractivity contribution in [1.82, 2.24) is 20.8 Å². The maximum atomic E-state index is 12.3. The van der Waals surface area contributed by atoms with Crippen molar-refractivity contribution in [2.24, 2.45) is 0 Å². The van der Waals surface area contributed by atoms with Crippen LogP contribution in [0, 0.1) is 0 Å². The van der Waals surface area contributed by atoms with E-state index in [9.17, 15) is 9.59 Å². The molecule has 3 heterocycles. The van der Waals surface area contributed by atoms with Crippen LogP contribution in [0.25, 0.3) is 10.7 Å². The number of aryl methyl sites for hydroxylation is 1. The van der Waals surface area contributed by atoms with Crippen molar-refractivity contribution in [3.05, 3.63) is 65.3 Å². The normalized spacial score (nSPS) is 12.9. The average molecular weight is 407 g/mol. The molecule has 148 valence electrons. The molecule has 0 atom stereocenters. The summed E-state index contributed by atoms with van der Waals surface area (Å²) in [6, 6.07) is 13.7. The first-order valence-corrected chi connectivity index (χ1v) is 10.3. The van der Waals surface area contributed by atoms with Gasteiger partial charge >= 0.3 is 0 Å². The lowest BCUT2D eigenvalue weighted by Gasteiger charge is -2.30. The first-order chi connectivity index (χ1) is 14.2. The minimum atomic E-state index is -0.310. The summed E-state index contributed by atoms with van der Waals surface area (Å²) in [6.07, 6.45) is 3.84. The van der Waals surface area contributed by atoms with Crippen molar-refractivity contribution in [1.29, 1.82) is 0 Å². The van der Waals surface area contributed by atoms with E-state index in [1.54, 1.807) is 6.20 Å². The molecule has 0 fully saturated rings. The summed E-state index contributed by atoms with van der Waals surface area (Å²) in [6.45, 7) is 1.03. The van der Waals surface area contributed by atoms with E-state index in [-0.39, 0.29) is 24.8 Å². The monoisotopic (exact) mass is 407 g/mol. The Hall–Kier alpha value is -3.26. The number of rotatable bonds is 5. The van der Waals surface area contributed by atoms with Crippen LogP contribution in [0.4, 0.5) is 5.69 Å². The second kappa shape index (κ2) is 8.83. The first-order valence-electron chi connectivity index (χ1n) is 9.45. The van der Waals surface area contributed by atoms with Gasteiger partial charge in [-0.2, -0.15) is 0 Å². The Labute approximate surface area is 172 Å². The van der Waals surface area contributed by atoms with Crippen molar-refractivity contribution in [3.8, 4) is 10.7 Å². The highest BCUT2D eigenvalue weighted by atomic mass is 32.1. The molecule has 1 aliphatic rings. The van der Waals surface area contributed by atoms with Crippen LogP contribution in [0.15, 0.2) is 54.0 Å². The van der Waals surface area contributed by atoms with Gasteiger partial charge in [-0.15, -0.1) is 11.3 Å². The molecule has 2 aromatic heterocycles. The largest absolute Gasteiger partial charge is 0.362 e. The van der Waals surface area contributed by atoms with E-state index in [0.717, 1.165) is 35.8 Å². The van der Waals surface area contributed by atoms with Crippen molar-refractivity contribution in [3.63, 3.8) is 0 Å². The second-order valence-electron chi connectivity index (χ2n) is 6.79. The molecule has 3 aromatic rings. The van der Waals surface area contributed by atoms with Crippen LogP contribution < -0.4 is 15.8 Å². The van der Waals surface area contributed by atoms with Crippen molar-refractivity contribution in [2.75, 3.05) is 18.0 Å². The Morgan fingerprint density at radius 1 is 1.07 bits per heavy atom. The number of hydrazine groups is 1. The van der Waals surface area contributed by atoms with Crippen LogP contribution in [0.2, 0.25) is 0 Å². The lowest BCUT2D eigenvalue weighted by molar-refractivity contribution is -0.127. The third kappa shape index (κ3) is 4.78. The fourth-order valence-corrected chi connectivity index (χ4v) is 4.13. The van der Waals surface area contributed by atoms with Gasteiger partial charge in [0.25, 0.3) is 5.91 Å². The van der Waals surface area contributed by atoms with Crippen molar-refractivity contribution in [2.45, 2.75) is 19.3 Å². The summed E-state index contributed by atoms with van der Waals surface area (Å²) in [7, 11) is 0. The van der Waals surface area contributed by atoms with Crippen LogP contribution in [-0.4, -0.2) is 34.9 Å². The molecule has 0 unspecified atom stereocenters. The molecule has 1 aliphatic heterocycles. The Balaban J connectivity index is 1.27. The molecule has 2 amide bonds. The number of carbonyl (C=O) groups excluding carboxylic acids is 2. The van der Waals surface area contributed by atoms with Gasteiger partial charge in [-0.05, 0) is 36.6 Å². The highest BCUT2D eigenvalue weighted by molar-refractivity contribution is 7.13. The highest BCUT2D eigenvalue weighted by Gasteiger charge is 2.19. The van der Waals surface area contributed by atoms with Gasteiger partial charge in [-0.1, -0.05) is 24.3 Å². The van der Waals surface area contributed by atoms with E-state index >= 15 is 0 Å². The van der Waals surface area contributed by atoms with Crippen LogP contribution in [-0.2, 0) is 22.4 Å². The number of carbonyl (C=O) groups is 2. The maximum Gasteiger partial charge on any atom is 0.257 e. The number of anilines is 1. The predicted molar refractivity (Wildman–Crippen MR) is 112 cm³/mol. The average Bonchev–Trinajstić information content (AvgIpc) is 3.22. The lowest BCUT2D eigenvalue weighted by Crippen LogP contribution is -2.47. The summed E-state index contributed by atoms with van der Waals surface area (Å²) >= 11 is 1.44. The SMILES string of the molecule is O=C(Cc1csc(-c2ccccn2)n1)NNC(=O)CN1CCCc2ccccc21. The van der Waals surface area contributed by atoms with Gasteiger partial charge in [-0.25, -0.2) is 4.98 Å². The van der Waals surface area contributed by atoms with E-state index in [1.807, 2.05) is 46.7 Å². The van der Waals surface area contributed by atoms with Gasteiger partial charge < -0.3 is 4.90 Å². The number of thiazole rings is 1. The number of hydrogen-bond acceptors (Lipinski definition) is 6. The lowest BCUT2D eigenvalue weighted by atomic mass is 10.0. The summed E-state index contributed by atoms with van der Waals surface area (Å²) in [5, 5.41) is 2.59. The third-order valence-electron chi connectivity index (χ3n) is 4.66. The smallest absolute Gasteiger partial charge is 0.257 e. The standard InChI is InChI=1S/C21H21N5O2S/c27-19(12-16-14-29-21(23-16)17-8-3-4-10-22-17)24-25-20(28)13-26-11-5-7-15-6-1-2-9-18(15)26/h1-4,6,8-10,14H,5,7,11-13H2,(H,24,27)(H,25,28). The number of benzene rings is 1. The zero-order valence-electron chi connectivity index (χ0n) is 15.8. The molecule has 4 rings (SSSR count). The molecule has 0 saturated carbocycles. The van der Waals surface area contributed by atoms with Crippen LogP contribution >= 0.6 is 11.3 Å². The van der Waals surface area contributed by atoms with E-state index < -0.39 is 0 Å². The molecule has 0 bridgehead atoms. The predicted octanol–water partition coefficient (Wildman–Crippen LogP) is 2.35. The summed E-state index contributed by atoms with van der Waals surface area (Å²) < 4.78 is 0. The molecule has 7 nitrogen and oxygen atoms in total. The number of hydrogen-bond donors (Lipinski definition) is 2. The fourth-order valence-electron chi connectivity index (χ4n) is 3.33. The Bertz CT molecular complexity index is 1010. The number of fused-ring (bicyclic) bond motifs is 1. The number of nitrogens with zero attached hydrogens (tertiary/aromatic N) is 3. The number of amides is 2. The van der Waals surface area contributed by atoms with Crippen LogP contribution in [0.1, 0.15) is 17.7 Å². The highest BCUT2D eigenvalue weighted by Crippen LogP contribution is 2.26. The fraction of sp³-hybridized carbons (Fsp3) is 0.238. The van der Waals surface area contributed by atoms with E-state index in [1.165, 1.54) is 16.9 Å². The van der Waals surface area contributed by atoms with Gasteiger partial charge in [0.1, 0.15) is 5.01 Å². The number of para-hydroxylation sites is 1. The topological polar surface area (TPSA) is 87.2 Å². The molecular formula is C21H21N5O2S. The second-order valence-corrected chi connectivity index (χ2v) is 7.64. The first kappa shape index (κ1) is 19.1. The van der Waals surface area contributed by atoms with Crippen molar-refractivity contribution >= 4 is 28.8 Å². The number of aromatic nitrogens is 2. The molecule has 0 saturated heterocycles. The number of nitrogens with one attached hydrogen (secondary N) is 2.